The number of H-pyrrole nitrogens is 1. The van der Waals surface area contributed by atoms with Crippen LogP contribution in [-0.2, 0) is 6.42 Å². The van der Waals surface area contributed by atoms with Crippen molar-refractivity contribution in [1.82, 2.24) is 15.2 Å². The molecule has 2 aliphatic carbocycles. The summed E-state index contributed by atoms with van der Waals surface area (Å²) in [7, 11) is 0. The average molecular weight is 220 g/mol. The Hall–Kier alpha value is -0.900. The second-order valence-electron chi connectivity index (χ2n) is 5.31. The van der Waals surface area contributed by atoms with Gasteiger partial charge in [-0.25, -0.2) is 4.98 Å². The van der Waals surface area contributed by atoms with Crippen molar-refractivity contribution in [2.75, 3.05) is 6.54 Å². The molecular weight excluding hydrogens is 200 g/mol. The Morgan fingerprint density at radius 3 is 2.94 bits per heavy atom. The van der Waals surface area contributed by atoms with Gasteiger partial charge in [0.05, 0.1) is 0 Å². The molecule has 0 aromatic carbocycles. The summed E-state index contributed by atoms with van der Waals surface area (Å²) in [6.07, 6.45) is 7.49. The molecule has 2 fully saturated rings. The minimum Gasteiger partial charge on any atom is -0.330 e. The largest absolute Gasteiger partial charge is 0.330 e. The monoisotopic (exact) mass is 220 g/mol. The Labute approximate surface area is 96.0 Å². The van der Waals surface area contributed by atoms with Crippen LogP contribution in [0.2, 0.25) is 0 Å². The van der Waals surface area contributed by atoms with E-state index in [4.69, 9.17) is 5.73 Å². The highest BCUT2D eigenvalue weighted by molar-refractivity contribution is 5.07. The number of hydrogen-bond acceptors (Lipinski definition) is 3. The number of aromatic nitrogens is 3. The Morgan fingerprint density at radius 1 is 1.31 bits per heavy atom. The van der Waals surface area contributed by atoms with Crippen molar-refractivity contribution in [3.05, 3.63) is 11.6 Å². The molecule has 4 heteroatoms. The number of fused-ring (bicyclic) bond motifs is 2. The SMILES string of the molecule is NCCCc1nc(C2CC3CCC2C3)n[nH]1. The van der Waals surface area contributed by atoms with Gasteiger partial charge in [0.2, 0.25) is 0 Å². The van der Waals surface area contributed by atoms with Crippen LogP contribution < -0.4 is 5.73 Å². The Bertz CT molecular complexity index is 360. The molecule has 2 bridgehead atoms. The van der Waals surface area contributed by atoms with Crippen LogP contribution in [0.25, 0.3) is 0 Å². The maximum absolute atomic E-state index is 5.49. The van der Waals surface area contributed by atoms with Crippen LogP contribution in [0.15, 0.2) is 0 Å². The van der Waals surface area contributed by atoms with Gasteiger partial charge in [0.25, 0.3) is 0 Å². The number of aromatic amines is 1. The third-order valence-corrected chi connectivity index (χ3v) is 4.24. The quantitative estimate of drug-likeness (QED) is 0.810. The van der Waals surface area contributed by atoms with Crippen LogP contribution >= 0.6 is 0 Å². The fraction of sp³-hybridized carbons (Fsp3) is 0.833. The Kier molecular flexibility index (Phi) is 2.67. The van der Waals surface area contributed by atoms with Crippen LogP contribution in [0.1, 0.15) is 49.7 Å². The summed E-state index contributed by atoms with van der Waals surface area (Å²) in [5.41, 5.74) is 5.49. The van der Waals surface area contributed by atoms with E-state index in [-0.39, 0.29) is 0 Å². The van der Waals surface area contributed by atoms with Gasteiger partial charge in [-0.3, -0.25) is 5.10 Å². The van der Waals surface area contributed by atoms with Gasteiger partial charge in [-0.1, -0.05) is 6.42 Å². The summed E-state index contributed by atoms with van der Waals surface area (Å²) >= 11 is 0. The van der Waals surface area contributed by atoms with E-state index in [9.17, 15) is 0 Å². The standard InChI is InChI=1S/C12H20N4/c13-5-1-2-11-14-12(16-15-11)10-7-8-3-4-9(10)6-8/h8-10H,1-7,13H2,(H,14,15,16). The number of nitrogens with two attached hydrogens (primary N) is 1. The minimum absolute atomic E-state index is 0.640. The number of hydrogen-bond donors (Lipinski definition) is 2. The van der Waals surface area contributed by atoms with Crippen LogP contribution in [-0.4, -0.2) is 21.7 Å². The molecule has 3 atom stereocenters. The van der Waals surface area contributed by atoms with Gasteiger partial charge in [-0.2, -0.15) is 5.10 Å². The lowest BCUT2D eigenvalue weighted by atomic mass is 9.88. The topological polar surface area (TPSA) is 67.6 Å². The summed E-state index contributed by atoms with van der Waals surface area (Å²) < 4.78 is 0. The summed E-state index contributed by atoms with van der Waals surface area (Å²) in [6.45, 7) is 0.726. The van der Waals surface area contributed by atoms with Gasteiger partial charge >= 0.3 is 0 Å². The van der Waals surface area contributed by atoms with E-state index in [0.29, 0.717) is 5.92 Å². The molecule has 0 amide bonds. The van der Waals surface area contributed by atoms with Crippen molar-refractivity contribution >= 4 is 0 Å². The normalized spacial score (nSPS) is 32.4. The summed E-state index contributed by atoms with van der Waals surface area (Å²) in [6, 6.07) is 0. The van der Waals surface area contributed by atoms with Crippen molar-refractivity contribution in [1.29, 1.82) is 0 Å². The minimum atomic E-state index is 0.640. The predicted octanol–water partition coefficient (Wildman–Crippen LogP) is 1.60. The van der Waals surface area contributed by atoms with E-state index in [1.165, 1.54) is 25.7 Å². The van der Waals surface area contributed by atoms with E-state index in [0.717, 1.165) is 42.9 Å². The van der Waals surface area contributed by atoms with E-state index in [1.807, 2.05) is 0 Å². The van der Waals surface area contributed by atoms with Crippen molar-refractivity contribution < 1.29 is 0 Å². The third kappa shape index (κ3) is 1.75. The van der Waals surface area contributed by atoms with Gasteiger partial charge in [0, 0.05) is 12.3 Å². The molecule has 1 heterocycles. The van der Waals surface area contributed by atoms with Crippen molar-refractivity contribution in [3.8, 4) is 0 Å². The molecule has 0 aliphatic heterocycles. The lowest BCUT2D eigenvalue weighted by molar-refractivity contribution is 0.406. The average Bonchev–Trinajstić information content (AvgIpc) is 3.01. The summed E-state index contributed by atoms with van der Waals surface area (Å²) in [4.78, 5) is 4.63. The molecule has 3 unspecified atom stereocenters. The molecule has 1 aromatic rings. The highest BCUT2D eigenvalue weighted by atomic mass is 15.2. The highest BCUT2D eigenvalue weighted by Crippen LogP contribution is 2.51. The fourth-order valence-electron chi connectivity index (χ4n) is 3.42. The fourth-order valence-corrected chi connectivity index (χ4v) is 3.42. The first-order valence-electron chi connectivity index (χ1n) is 6.48. The van der Waals surface area contributed by atoms with Crippen molar-refractivity contribution in [2.45, 2.75) is 44.4 Å². The molecule has 2 aliphatic rings. The first-order valence-corrected chi connectivity index (χ1v) is 6.48. The molecular formula is C12H20N4. The van der Waals surface area contributed by atoms with Crippen LogP contribution in [0.3, 0.4) is 0 Å². The maximum Gasteiger partial charge on any atom is 0.154 e. The zero-order valence-electron chi connectivity index (χ0n) is 9.65. The van der Waals surface area contributed by atoms with Gasteiger partial charge < -0.3 is 5.73 Å². The molecule has 0 radical (unpaired) electrons. The number of rotatable bonds is 4. The number of aryl methyl sites for hydroxylation is 1. The van der Waals surface area contributed by atoms with E-state index >= 15 is 0 Å². The molecule has 3 rings (SSSR count). The zero-order valence-corrected chi connectivity index (χ0v) is 9.65. The Morgan fingerprint density at radius 2 is 2.25 bits per heavy atom. The number of nitrogens with one attached hydrogen (secondary N) is 1. The lowest BCUT2D eigenvalue weighted by Gasteiger charge is -2.17. The predicted molar refractivity (Wildman–Crippen MR) is 61.9 cm³/mol. The summed E-state index contributed by atoms with van der Waals surface area (Å²) in [5, 5.41) is 7.45. The van der Waals surface area contributed by atoms with Gasteiger partial charge in [0.15, 0.2) is 5.82 Å². The third-order valence-electron chi connectivity index (χ3n) is 4.24. The second-order valence-corrected chi connectivity index (χ2v) is 5.31. The van der Waals surface area contributed by atoms with E-state index in [1.54, 1.807) is 0 Å². The van der Waals surface area contributed by atoms with Crippen LogP contribution in [0.5, 0.6) is 0 Å². The van der Waals surface area contributed by atoms with Gasteiger partial charge in [-0.15, -0.1) is 0 Å². The first kappa shape index (κ1) is 10.3. The maximum atomic E-state index is 5.49. The van der Waals surface area contributed by atoms with Crippen LogP contribution in [0.4, 0.5) is 0 Å². The van der Waals surface area contributed by atoms with E-state index in [2.05, 4.69) is 15.2 Å². The molecule has 0 saturated heterocycles. The molecule has 1 aromatic heterocycles. The van der Waals surface area contributed by atoms with Crippen LogP contribution in [0, 0.1) is 11.8 Å². The highest BCUT2D eigenvalue weighted by Gasteiger charge is 2.41. The first-order chi connectivity index (χ1) is 7.86. The molecule has 0 spiro atoms. The van der Waals surface area contributed by atoms with Crippen molar-refractivity contribution in [2.24, 2.45) is 17.6 Å². The second kappa shape index (κ2) is 4.17. The van der Waals surface area contributed by atoms with Gasteiger partial charge in [-0.05, 0) is 44.1 Å². The Balaban J connectivity index is 1.68. The molecule has 4 nitrogen and oxygen atoms in total. The molecule has 88 valence electrons. The smallest absolute Gasteiger partial charge is 0.154 e. The lowest BCUT2D eigenvalue weighted by Crippen LogP contribution is -2.10. The number of nitrogens with zero attached hydrogens (tertiary/aromatic N) is 2. The van der Waals surface area contributed by atoms with Crippen molar-refractivity contribution in [3.63, 3.8) is 0 Å². The molecule has 16 heavy (non-hydrogen) atoms. The zero-order chi connectivity index (χ0) is 11.0. The summed E-state index contributed by atoms with van der Waals surface area (Å²) in [5.74, 6) is 4.55. The molecule has 2 saturated carbocycles. The van der Waals surface area contributed by atoms with Gasteiger partial charge in [0.1, 0.15) is 5.82 Å². The van der Waals surface area contributed by atoms with E-state index < -0.39 is 0 Å². The molecule has 3 N–H and O–H groups in total.